The third-order valence-corrected chi connectivity index (χ3v) is 2.70. The van der Waals surface area contributed by atoms with Crippen molar-refractivity contribution in [3.05, 3.63) is 12.4 Å². The second kappa shape index (κ2) is 6.51. The van der Waals surface area contributed by atoms with Crippen LogP contribution in [0.3, 0.4) is 0 Å². The first-order valence-electron chi connectivity index (χ1n) is 6.33. The Balaban J connectivity index is 2.56. The van der Waals surface area contributed by atoms with Gasteiger partial charge in [-0.15, -0.1) is 0 Å². The van der Waals surface area contributed by atoms with Crippen molar-refractivity contribution < 1.29 is 9.53 Å². The van der Waals surface area contributed by atoms with E-state index in [1.807, 2.05) is 20.8 Å². The number of likely N-dealkylation sites (tertiary alicyclic amines) is 1. The molecule has 0 radical (unpaired) electrons. The van der Waals surface area contributed by atoms with E-state index in [9.17, 15) is 4.79 Å². The molecule has 108 valence electrons. The molecule has 0 spiro atoms. The van der Waals surface area contributed by atoms with Crippen LogP contribution in [-0.4, -0.2) is 41.8 Å². The Morgan fingerprint density at radius 2 is 2.32 bits per heavy atom. The lowest BCUT2D eigenvalue weighted by molar-refractivity contribution is 0.0227. The van der Waals surface area contributed by atoms with Gasteiger partial charge in [-0.2, -0.15) is 5.11 Å². The Labute approximate surface area is 113 Å². The molecule has 1 heterocycles. The van der Waals surface area contributed by atoms with Gasteiger partial charge in [-0.05, 0) is 27.2 Å². The van der Waals surface area contributed by atoms with Crippen molar-refractivity contribution in [3.63, 3.8) is 0 Å². The minimum absolute atomic E-state index is 0.000216. The highest BCUT2D eigenvalue weighted by atomic mass is 16.6. The lowest BCUT2D eigenvalue weighted by Gasteiger charge is -2.28. The van der Waals surface area contributed by atoms with Gasteiger partial charge in [0, 0.05) is 25.3 Å². The second-order valence-corrected chi connectivity index (χ2v) is 5.64. The molecule has 0 unspecified atom stereocenters. The summed E-state index contributed by atoms with van der Waals surface area (Å²) in [6.45, 7) is 6.60. The van der Waals surface area contributed by atoms with Crippen LogP contribution in [-0.2, 0) is 4.74 Å². The molecule has 1 saturated heterocycles. The first-order chi connectivity index (χ1) is 8.83. The van der Waals surface area contributed by atoms with Gasteiger partial charge in [0.05, 0.1) is 12.2 Å². The first kappa shape index (κ1) is 15.4. The van der Waals surface area contributed by atoms with E-state index in [1.54, 1.807) is 11.1 Å². The van der Waals surface area contributed by atoms with Crippen LogP contribution in [0.4, 0.5) is 4.79 Å². The van der Waals surface area contributed by atoms with Crippen molar-refractivity contribution in [1.82, 2.24) is 10.2 Å². The summed E-state index contributed by atoms with van der Waals surface area (Å²) in [5.74, 6) is 0. The maximum atomic E-state index is 12.1. The molecule has 1 amide bonds. The second-order valence-electron chi connectivity index (χ2n) is 5.64. The summed E-state index contributed by atoms with van der Waals surface area (Å²) in [5, 5.41) is 6.09. The predicted molar refractivity (Wildman–Crippen MR) is 71.6 cm³/mol. The van der Waals surface area contributed by atoms with E-state index in [2.05, 4.69) is 10.4 Å². The summed E-state index contributed by atoms with van der Waals surface area (Å²) in [7, 11) is 0. The van der Waals surface area contributed by atoms with E-state index < -0.39 is 5.60 Å². The van der Waals surface area contributed by atoms with Crippen molar-refractivity contribution in [2.45, 2.75) is 44.9 Å². The highest BCUT2D eigenvalue weighted by Crippen LogP contribution is 2.19. The maximum absolute atomic E-state index is 12.1. The third-order valence-electron chi connectivity index (χ3n) is 2.70. The lowest BCUT2D eigenvalue weighted by atomic mass is 10.2. The first-order valence-corrected chi connectivity index (χ1v) is 6.33. The van der Waals surface area contributed by atoms with Crippen LogP contribution in [0.5, 0.6) is 0 Å². The molecule has 1 fully saturated rings. The summed E-state index contributed by atoms with van der Waals surface area (Å²) < 4.78 is 5.36. The summed E-state index contributed by atoms with van der Waals surface area (Å²) in [6.07, 6.45) is 3.32. The van der Waals surface area contributed by atoms with Gasteiger partial charge in [-0.3, -0.25) is 0 Å². The molecular weight excluding hydrogens is 246 g/mol. The summed E-state index contributed by atoms with van der Waals surface area (Å²) >= 11 is 0. The van der Waals surface area contributed by atoms with E-state index in [0.717, 1.165) is 6.42 Å². The zero-order valence-corrected chi connectivity index (χ0v) is 11.7. The molecule has 4 N–H and O–H groups in total. The molecule has 0 aliphatic carbocycles. The van der Waals surface area contributed by atoms with Crippen LogP contribution in [0.2, 0.25) is 0 Å². The van der Waals surface area contributed by atoms with Crippen LogP contribution in [0.15, 0.2) is 17.5 Å². The van der Waals surface area contributed by atoms with Gasteiger partial charge < -0.3 is 20.7 Å². The minimum Gasteiger partial charge on any atom is -0.444 e. The smallest absolute Gasteiger partial charge is 0.410 e. The molecule has 19 heavy (non-hydrogen) atoms. The maximum Gasteiger partial charge on any atom is 0.410 e. The summed E-state index contributed by atoms with van der Waals surface area (Å²) in [4.78, 5) is 13.7. The number of amides is 1. The zero-order chi connectivity index (χ0) is 14.5. The molecule has 0 aromatic rings. The molecule has 1 aliphatic rings. The van der Waals surface area contributed by atoms with Crippen LogP contribution in [0.1, 0.15) is 27.2 Å². The van der Waals surface area contributed by atoms with Gasteiger partial charge in [-0.1, -0.05) is 0 Å². The van der Waals surface area contributed by atoms with Crippen molar-refractivity contribution >= 4 is 6.09 Å². The Morgan fingerprint density at radius 1 is 1.63 bits per heavy atom. The SMILES string of the molecule is CC(C)(C)OC(=O)N1C[C@H](N)C[C@H]1CN/C=C\N=N. The van der Waals surface area contributed by atoms with Crippen molar-refractivity contribution in [2.75, 3.05) is 13.1 Å². The normalized spacial score (nSPS) is 23.7. The van der Waals surface area contributed by atoms with Gasteiger partial charge in [-0.25, -0.2) is 10.3 Å². The van der Waals surface area contributed by atoms with Gasteiger partial charge in [0.2, 0.25) is 0 Å². The Bertz CT molecular complexity index is 351. The van der Waals surface area contributed by atoms with E-state index in [4.69, 9.17) is 16.0 Å². The third kappa shape index (κ3) is 5.25. The van der Waals surface area contributed by atoms with Crippen LogP contribution in [0.25, 0.3) is 0 Å². The van der Waals surface area contributed by atoms with Crippen molar-refractivity contribution in [2.24, 2.45) is 10.8 Å². The number of rotatable bonds is 4. The largest absolute Gasteiger partial charge is 0.444 e. The molecule has 0 aromatic carbocycles. The fourth-order valence-electron chi connectivity index (χ4n) is 1.98. The fraction of sp³-hybridized carbons (Fsp3) is 0.750. The molecule has 7 heteroatoms. The molecule has 0 saturated carbocycles. The Morgan fingerprint density at radius 3 is 2.89 bits per heavy atom. The molecule has 0 bridgehead atoms. The average Bonchev–Trinajstić information content (AvgIpc) is 2.64. The lowest BCUT2D eigenvalue weighted by Crippen LogP contribution is -2.43. The molecule has 1 aliphatic heterocycles. The van der Waals surface area contributed by atoms with Gasteiger partial charge >= 0.3 is 6.09 Å². The number of hydrogen-bond donors (Lipinski definition) is 3. The Kier molecular flexibility index (Phi) is 5.29. The number of carbonyl (C=O) groups excluding carboxylic acids is 1. The van der Waals surface area contributed by atoms with Crippen molar-refractivity contribution in [1.29, 1.82) is 5.53 Å². The molecule has 7 nitrogen and oxygen atoms in total. The van der Waals surface area contributed by atoms with E-state index in [-0.39, 0.29) is 18.2 Å². The summed E-state index contributed by atoms with van der Waals surface area (Å²) in [6, 6.07) is -0.0237. The summed E-state index contributed by atoms with van der Waals surface area (Å²) in [5.41, 5.74) is 12.0. The van der Waals surface area contributed by atoms with E-state index in [0.29, 0.717) is 13.1 Å². The molecule has 0 aromatic heterocycles. The predicted octanol–water partition coefficient (Wildman–Crippen LogP) is 1.41. The van der Waals surface area contributed by atoms with Gasteiger partial charge in [0.25, 0.3) is 0 Å². The van der Waals surface area contributed by atoms with Crippen LogP contribution in [0, 0.1) is 5.53 Å². The van der Waals surface area contributed by atoms with E-state index >= 15 is 0 Å². The zero-order valence-electron chi connectivity index (χ0n) is 11.7. The number of carbonyl (C=O) groups is 1. The Hall–Kier alpha value is -1.63. The van der Waals surface area contributed by atoms with Crippen molar-refractivity contribution in [3.8, 4) is 0 Å². The van der Waals surface area contributed by atoms with Crippen LogP contribution >= 0.6 is 0 Å². The monoisotopic (exact) mass is 269 g/mol. The van der Waals surface area contributed by atoms with E-state index in [1.165, 1.54) is 6.20 Å². The number of hydrogen-bond acceptors (Lipinski definition) is 6. The standard InChI is InChI=1S/C12H23N5O2/c1-12(2,3)19-11(18)17-8-9(13)6-10(17)7-15-4-5-16-14/h4-5,9-10,14-15H,6-8,13H2,1-3H3/b5-4-,16-14?/t9-,10+/m1/s1. The number of nitrogens with two attached hydrogens (primary N) is 1. The average molecular weight is 269 g/mol. The topological polar surface area (TPSA) is 104 Å². The van der Waals surface area contributed by atoms with Gasteiger partial charge in [0.15, 0.2) is 0 Å². The number of nitrogens with one attached hydrogen (secondary N) is 2. The molecule has 2 atom stereocenters. The quantitative estimate of drug-likeness (QED) is 0.671. The fourth-order valence-corrected chi connectivity index (χ4v) is 1.98. The number of nitrogens with zero attached hydrogens (tertiary/aromatic N) is 2. The highest BCUT2D eigenvalue weighted by molar-refractivity contribution is 5.69. The van der Waals surface area contributed by atoms with Crippen LogP contribution < -0.4 is 11.1 Å². The van der Waals surface area contributed by atoms with Gasteiger partial charge in [0.1, 0.15) is 5.60 Å². The molecule has 1 rings (SSSR count). The minimum atomic E-state index is -0.508. The highest BCUT2D eigenvalue weighted by Gasteiger charge is 2.35. The molecular formula is C12H23N5O2. The number of ether oxygens (including phenoxy) is 1.